The van der Waals surface area contributed by atoms with E-state index in [1.54, 1.807) is 17.0 Å². The first-order chi connectivity index (χ1) is 9.32. The Balaban J connectivity index is 2.36. The van der Waals surface area contributed by atoms with Gasteiger partial charge in [-0.05, 0) is 36.5 Å². The first kappa shape index (κ1) is 15.0. The highest BCUT2D eigenvalue weighted by atomic mass is 32.2. The molecule has 0 bridgehead atoms. The van der Waals surface area contributed by atoms with Crippen molar-refractivity contribution in [2.45, 2.75) is 31.6 Å². The van der Waals surface area contributed by atoms with Gasteiger partial charge in [0.05, 0.1) is 4.90 Å². The third kappa shape index (κ3) is 3.02. The summed E-state index contributed by atoms with van der Waals surface area (Å²) in [5.41, 5.74) is 1.03. The molecule has 20 heavy (non-hydrogen) atoms. The van der Waals surface area contributed by atoms with E-state index in [1.807, 2.05) is 6.92 Å². The molecule has 1 saturated heterocycles. The van der Waals surface area contributed by atoms with E-state index in [0.29, 0.717) is 23.5 Å². The molecule has 0 radical (unpaired) electrons. The van der Waals surface area contributed by atoms with E-state index in [9.17, 15) is 13.2 Å². The number of carbonyl (C=O) groups is 1. The van der Waals surface area contributed by atoms with Crippen molar-refractivity contribution >= 4 is 15.9 Å². The fraction of sp³-hybridized carbons (Fsp3) is 0.500. The molecular formula is C14H20N2O3S. The van der Waals surface area contributed by atoms with Crippen molar-refractivity contribution in [3.8, 4) is 0 Å². The van der Waals surface area contributed by atoms with Crippen molar-refractivity contribution in [2.24, 2.45) is 11.1 Å². The van der Waals surface area contributed by atoms with Crippen LogP contribution in [0.1, 0.15) is 36.2 Å². The van der Waals surface area contributed by atoms with Gasteiger partial charge in [-0.15, -0.1) is 0 Å². The molecule has 5 nitrogen and oxygen atoms in total. The number of sulfonamides is 1. The quantitative estimate of drug-likeness (QED) is 0.915. The van der Waals surface area contributed by atoms with Gasteiger partial charge in [0.2, 0.25) is 10.0 Å². The number of hydrogen-bond donors (Lipinski definition) is 1. The highest BCUT2D eigenvalue weighted by Gasteiger charge is 2.25. The molecular weight excluding hydrogens is 276 g/mol. The third-order valence-corrected chi connectivity index (χ3v) is 4.71. The van der Waals surface area contributed by atoms with Crippen molar-refractivity contribution in [3.05, 3.63) is 29.3 Å². The fourth-order valence-corrected chi connectivity index (χ4v) is 3.42. The molecule has 6 heteroatoms. The molecule has 1 heterocycles. The van der Waals surface area contributed by atoms with E-state index in [1.165, 1.54) is 6.07 Å². The van der Waals surface area contributed by atoms with Crippen LogP contribution in [0.5, 0.6) is 0 Å². The monoisotopic (exact) mass is 296 g/mol. The van der Waals surface area contributed by atoms with Gasteiger partial charge < -0.3 is 4.90 Å². The average Bonchev–Trinajstić information content (AvgIpc) is 2.83. The third-order valence-electron chi connectivity index (χ3n) is 3.71. The van der Waals surface area contributed by atoms with Gasteiger partial charge in [-0.1, -0.05) is 19.9 Å². The van der Waals surface area contributed by atoms with Gasteiger partial charge in [-0.2, -0.15) is 0 Å². The van der Waals surface area contributed by atoms with Crippen molar-refractivity contribution in [1.82, 2.24) is 4.90 Å². The van der Waals surface area contributed by atoms with E-state index >= 15 is 0 Å². The molecule has 1 aromatic rings. The summed E-state index contributed by atoms with van der Waals surface area (Å²) in [6.07, 6.45) is 1.54. The van der Waals surface area contributed by atoms with Gasteiger partial charge in [0.15, 0.2) is 0 Å². The maximum Gasteiger partial charge on any atom is 0.253 e. The van der Waals surface area contributed by atoms with Crippen LogP contribution in [0.25, 0.3) is 0 Å². The lowest BCUT2D eigenvalue weighted by Crippen LogP contribution is -2.28. The molecule has 110 valence electrons. The molecule has 0 spiro atoms. The molecule has 1 atom stereocenters. The molecule has 0 saturated carbocycles. The van der Waals surface area contributed by atoms with E-state index < -0.39 is 10.0 Å². The average molecular weight is 296 g/mol. The number of benzene rings is 1. The van der Waals surface area contributed by atoms with Crippen molar-refractivity contribution in [2.75, 3.05) is 13.1 Å². The minimum Gasteiger partial charge on any atom is -0.338 e. The van der Waals surface area contributed by atoms with Crippen LogP contribution in [0.4, 0.5) is 0 Å². The minimum absolute atomic E-state index is 0.0538. The largest absolute Gasteiger partial charge is 0.338 e. The lowest BCUT2D eigenvalue weighted by Gasteiger charge is -2.17. The summed E-state index contributed by atoms with van der Waals surface area (Å²) in [6.45, 7) is 5.40. The predicted molar refractivity (Wildman–Crippen MR) is 76.9 cm³/mol. The molecule has 2 rings (SSSR count). The van der Waals surface area contributed by atoms with Crippen LogP contribution in [0.2, 0.25) is 0 Å². The van der Waals surface area contributed by atoms with Crippen LogP contribution in [-0.4, -0.2) is 32.3 Å². The van der Waals surface area contributed by atoms with Gasteiger partial charge in [0.25, 0.3) is 5.91 Å². The molecule has 0 aliphatic carbocycles. The SMILES string of the molecule is CCc1ccc(C(=O)N2CCC(C)C2)cc1S(N)(=O)=O. The second-order valence-electron chi connectivity index (χ2n) is 5.37. The van der Waals surface area contributed by atoms with Crippen LogP contribution < -0.4 is 5.14 Å². The molecule has 1 amide bonds. The van der Waals surface area contributed by atoms with Crippen LogP contribution in [0, 0.1) is 5.92 Å². The van der Waals surface area contributed by atoms with E-state index in [0.717, 1.165) is 19.5 Å². The number of hydrogen-bond acceptors (Lipinski definition) is 3. The Hall–Kier alpha value is -1.40. The number of primary sulfonamides is 1. The van der Waals surface area contributed by atoms with E-state index in [2.05, 4.69) is 6.92 Å². The predicted octanol–water partition coefficient (Wildman–Crippen LogP) is 1.38. The van der Waals surface area contributed by atoms with Crippen molar-refractivity contribution in [1.29, 1.82) is 0 Å². The Morgan fingerprint density at radius 2 is 2.15 bits per heavy atom. The Labute approximate surface area is 119 Å². The van der Waals surface area contributed by atoms with Gasteiger partial charge in [-0.25, -0.2) is 13.6 Å². The molecule has 0 aromatic heterocycles. The molecule has 1 aliphatic heterocycles. The summed E-state index contributed by atoms with van der Waals surface area (Å²) >= 11 is 0. The maximum absolute atomic E-state index is 12.4. The summed E-state index contributed by atoms with van der Waals surface area (Å²) in [4.78, 5) is 14.2. The number of aryl methyl sites for hydroxylation is 1. The topological polar surface area (TPSA) is 80.5 Å². The molecule has 1 aromatic carbocycles. The van der Waals surface area contributed by atoms with Crippen LogP contribution in [0.3, 0.4) is 0 Å². The standard InChI is InChI=1S/C14H20N2O3S/c1-3-11-4-5-12(8-13(11)20(15,18)19)14(17)16-7-6-10(2)9-16/h4-5,8,10H,3,6-7,9H2,1-2H3,(H2,15,18,19). The summed E-state index contributed by atoms with van der Waals surface area (Å²) in [6, 6.07) is 4.75. The summed E-state index contributed by atoms with van der Waals surface area (Å²) in [5.74, 6) is 0.369. The number of rotatable bonds is 3. The van der Waals surface area contributed by atoms with Crippen LogP contribution >= 0.6 is 0 Å². The van der Waals surface area contributed by atoms with Gasteiger partial charge >= 0.3 is 0 Å². The Morgan fingerprint density at radius 1 is 1.45 bits per heavy atom. The zero-order valence-corrected chi connectivity index (χ0v) is 12.6. The number of amides is 1. The van der Waals surface area contributed by atoms with E-state index in [-0.39, 0.29) is 10.8 Å². The summed E-state index contributed by atoms with van der Waals surface area (Å²) in [5, 5.41) is 5.23. The smallest absolute Gasteiger partial charge is 0.253 e. The first-order valence-electron chi connectivity index (χ1n) is 6.78. The second-order valence-corrected chi connectivity index (χ2v) is 6.90. The molecule has 1 aliphatic rings. The van der Waals surface area contributed by atoms with Crippen LogP contribution in [0.15, 0.2) is 23.1 Å². The van der Waals surface area contributed by atoms with Gasteiger partial charge in [0, 0.05) is 18.7 Å². The lowest BCUT2D eigenvalue weighted by atomic mass is 10.1. The lowest BCUT2D eigenvalue weighted by molar-refractivity contribution is 0.0788. The van der Waals surface area contributed by atoms with Gasteiger partial charge in [0.1, 0.15) is 0 Å². The first-order valence-corrected chi connectivity index (χ1v) is 8.32. The van der Waals surface area contributed by atoms with Gasteiger partial charge in [-0.3, -0.25) is 4.79 Å². The Morgan fingerprint density at radius 3 is 2.65 bits per heavy atom. The summed E-state index contributed by atoms with van der Waals surface area (Å²) in [7, 11) is -3.81. The highest BCUT2D eigenvalue weighted by molar-refractivity contribution is 7.89. The number of nitrogens with two attached hydrogens (primary N) is 1. The van der Waals surface area contributed by atoms with E-state index in [4.69, 9.17) is 5.14 Å². The molecule has 1 unspecified atom stereocenters. The zero-order chi connectivity index (χ0) is 14.9. The summed E-state index contributed by atoms with van der Waals surface area (Å²) < 4.78 is 23.2. The maximum atomic E-state index is 12.4. The number of carbonyl (C=O) groups excluding carboxylic acids is 1. The second kappa shape index (κ2) is 5.54. The minimum atomic E-state index is -3.81. The normalized spacial score (nSPS) is 19.4. The Bertz CT molecular complexity index is 625. The van der Waals surface area contributed by atoms with Crippen molar-refractivity contribution in [3.63, 3.8) is 0 Å². The van der Waals surface area contributed by atoms with Crippen molar-refractivity contribution < 1.29 is 13.2 Å². The fourth-order valence-electron chi connectivity index (χ4n) is 2.55. The number of nitrogens with zero attached hydrogens (tertiary/aromatic N) is 1. The zero-order valence-electron chi connectivity index (χ0n) is 11.8. The molecule has 2 N–H and O–H groups in total. The van der Waals surface area contributed by atoms with Crippen LogP contribution in [-0.2, 0) is 16.4 Å². The number of likely N-dealkylation sites (tertiary alicyclic amines) is 1. The highest BCUT2D eigenvalue weighted by Crippen LogP contribution is 2.21. The molecule has 1 fully saturated rings. The Kier molecular flexibility index (Phi) is 4.15.